The van der Waals surface area contributed by atoms with Gasteiger partial charge in [-0.05, 0) is 12.8 Å². The maximum atomic E-state index is 11.4. The Morgan fingerprint density at radius 1 is 0.897 bits per heavy atom. The molecule has 0 aromatic rings. The van der Waals surface area contributed by atoms with Gasteiger partial charge in [-0.1, -0.05) is 76.9 Å². The van der Waals surface area contributed by atoms with Gasteiger partial charge in [-0.2, -0.15) is 11.8 Å². The standard InChI is InChI=1S/C23H42O5S/c1-4-5-6-7-8-9-10-11-12-13-14-15-16-21(20(24)19-23(26)28-3)29-18-17-22(25)27-2/h15-16,20-21,24H,4-14,17-19H2,1-3H3. The molecule has 2 unspecified atom stereocenters. The van der Waals surface area contributed by atoms with Crippen molar-refractivity contribution in [3.63, 3.8) is 0 Å². The molecule has 2 atom stereocenters. The zero-order valence-corrected chi connectivity index (χ0v) is 19.5. The van der Waals surface area contributed by atoms with Gasteiger partial charge in [0.15, 0.2) is 0 Å². The second-order valence-corrected chi connectivity index (χ2v) is 8.69. The van der Waals surface area contributed by atoms with Gasteiger partial charge < -0.3 is 14.6 Å². The van der Waals surface area contributed by atoms with Crippen LogP contribution in [0.2, 0.25) is 0 Å². The molecule has 0 bridgehead atoms. The van der Waals surface area contributed by atoms with Crippen molar-refractivity contribution < 1.29 is 24.2 Å². The highest BCUT2D eigenvalue weighted by atomic mass is 32.2. The van der Waals surface area contributed by atoms with Crippen molar-refractivity contribution in [2.24, 2.45) is 0 Å². The molecule has 0 saturated carbocycles. The molecule has 0 radical (unpaired) electrons. The molecule has 0 heterocycles. The normalized spacial score (nSPS) is 13.4. The Bertz CT molecular complexity index is 439. The maximum Gasteiger partial charge on any atom is 0.308 e. The quantitative estimate of drug-likeness (QED) is 0.167. The fourth-order valence-electron chi connectivity index (χ4n) is 3.03. The van der Waals surface area contributed by atoms with Crippen LogP contribution in [0, 0.1) is 0 Å². The van der Waals surface area contributed by atoms with Gasteiger partial charge in [0.2, 0.25) is 0 Å². The molecule has 0 aliphatic heterocycles. The fourth-order valence-corrected chi connectivity index (χ4v) is 4.12. The molecule has 0 amide bonds. The monoisotopic (exact) mass is 430 g/mol. The molecule has 29 heavy (non-hydrogen) atoms. The summed E-state index contributed by atoms with van der Waals surface area (Å²) in [6, 6.07) is 0. The lowest BCUT2D eigenvalue weighted by molar-refractivity contribution is -0.143. The lowest BCUT2D eigenvalue weighted by Crippen LogP contribution is -2.25. The predicted octanol–water partition coefficient (Wildman–Crippen LogP) is 5.44. The van der Waals surface area contributed by atoms with Gasteiger partial charge in [0, 0.05) is 11.0 Å². The van der Waals surface area contributed by atoms with Crippen LogP contribution in [-0.2, 0) is 19.1 Å². The van der Waals surface area contributed by atoms with Crippen molar-refractivity contribution in [2.75, 3.05) is 20.0 Å². The van der Waals surface area contributed by atoms with Crippen LogP contribution < -0.4 is 0 Å². The minimum atomic E-state index is -0.825. The molecule has 5 nitrogen and oxygen atoms in total. The zero-order chi connectivity index (χ0) is 21.7. The first-order valence-electron chi connectivity index (χ1n) is 11.1. The number of carbonyl (C=O) groups is 2. The van der Waals surface area contributed by atoms with Crippen molar-refractivity contribution in [1.82, 2.24) is 0 Å². The second kappa shape index (κ2) is 20.3. The Balaban J connectivity index is 4.06. The van der Waals surface area contributed by atoms with E-state index < -0.39 is 12.1 Å². The Morgan fingerprint density at radius 3 is 2.00 bits per heavy atom. The molecule has 0 aliphatic rings. The van der Waals surface area contributed by atoms with E-state index >= 15 is 0 Å². The molecular weight excluding hydrogens is 388 g/mol. The van der Waals surface area contributed by atoms with E-state index in [4.69, 9.17) is 0 Å². The average molecular weight is 431 g/mol. The van der Waals surface area contributed by atoms with Crippen LogP contribution >= 0.6 is 11.8 Å². The number of thioether (sulfide) groups is 1. The summed E-state index contributed by atoms with van der Waals surface area (Å²) in [5.41, 5.74) is 0. The third kappa shape index (κ3) is 17.6. The topological polar surface area (TPSA) is 72.8 Å². The number of aliphatic hydroxyl groups is 1. The van der Waals surface area contributed by atoms with E-state index in [0.717, 1.165) is 12.8 Å². The van der Waals surface area contributed by atoms with E-state index in [0.29, 0.717) is 5.75 Å². The highest BCUT2D eigenvalue weighted by molar-refractivity contribution is 8.00. The minimum Gasteiger partial charge on any atom is -0.469 e. The SMILES string of the molecule is CCCCCCCCCCCCC=CC(SCCC(=O)OC)C(O)CC(=O)OC. The van der Waals surface area contributed by atoms with Crippen LogP contribution in [0.1, 0.15) is 90.4 Å². The van der Waals surface area contributed by atoms with Gasteiger partial charge >= 0.3 is 11.9 Å². The number of esters is 2. The fraction of sp³-hybridized carbons (Fsp3) is 0.826. The van der Waals surface area contributed by atoms with Gasteiger partial charge in [-0.25, -0.2) is 0 Å². The number of hydrogen-bond donors (Lipinski definition) is 1. The average Bonchev–Trinajstić information content (AvgIpc) is 2.72. The van der Waals surface area contributed by atoms with Crippen molar-refractivity contribution >= 4 is 23.7 Å². The first-order chi connectivity index (χ1) is 14.0. The summed E-state index contributed by atoms with van der Waals surface area (Å²) in [6.07, 6.45) is 17.5. The molecular formula is C23H42O5S. The van der Waals surface area contributed by atoms with Crippen molar-refractivity contribution in [2.45, 2.75) is 102 Å². The largest absolute Gasteiger partial charge is 0.469 e. The van der Waals surface area contributed by atoms with Crippen molar-refractivity contribution in [3.05, 3.63) is 12.2 Å². The molecule has 0 spiro atoms. The molecule has 0 aromatic carbocycles. The molecule has 170 valence electrons. The number of allylic oxidation sites excluding steroid dienone is 1. The van der Waals surface area contributed by atoms with Gasteiger partial charge in [0.1, 0.15) is 0 Å². The van der Waals surface area contributed by atoms with E-state index in [-0.39, 0.29) is 24.1 Å². The summed E-state index contributed by atoms with van der Waals surface area (Å²) in [5.74, 6) is -0.162. The Labute approximate surface area is 182 Å². The second-order valence-electron chi connectivity index (χ2n) is 7.41. The van der Waals surface area contributed by atoms with Crippen LogP contribution in [0.5, 0.6) is 0 Å². The van der Waals surface area contributed by atoms with E-state index in [1.165, 1.54) is 83.8 Å². The zero-order valence-electron chi connectivity index (χ0n) is 18.7. The maximum absolute atomic E-state index is 11.4. The molecule has 0 rings (SSSR count). The number of aliphatic hydroxyl groups excluding tert-OH is 1. The number of carbonyl (C=O) groups excluding carboxylic acids is 2. The third-order valence-electron chi connectivity index (χ3n) is 4.88. The number of methoxy groups -OCH3 is 2. The van der Waals surface area contributed by atoms with E-state index in [2.05, 4.69) is 22.5 Å². The number of hydrogen-bond acceptors (Lipinski definition) is 6. The van der Waals surface area contributed by atoms with Crippen LogP contribution in [0.3, 0.4) is 0 Å². The van der Waals surface area contributed by atoms with Gasteiger partial charge in [0.25, 0.3) is 0 Å². The number of unbranched alkanes of at least 4 members (excludes halogenated alkanes) is 10. The summed E-state index contributed by atoms with van der Waals surface area (Å²) in [6.45, 7) is 2.25. The Hall–Kier alpha value is -1.01. The number of rotatable bonds is 19. The first kappa shape index (κ1) is 28.0. The molecule has 0 fully saturated rings. The van der Waals surface area contributed by atoms with E-state index in [9.17, 15) is 14.7 Å². The van der Waals surface area contributed by atoms with Gasteiger partial charge in [-0.3, -0.25) is 9.59 Å². The van der Waals surface area contributed by atoms with E-state index in [1.807, 2.05) is 6.08 Å². The first-order valence-corrected chi connectivity index (χ1v) is 12.2. The van der Waals surface area contributed by atoms with Crippen LogP contribution in [0.25, 0.3) is 0 Å². The smallest absolute Gasteiger partial charge is 0.308 e. The summed E-state index contributed by atoms with van der Waals surface area (Å²) < 4.78 is 9.29. The van der Waals surface area contributed by atoms with E-state index in [1.54, 1.807) is 0 Å². The summed E-state index contributed by atoms with van der Waals surface area (Å²) in [4.78, 5) is 22.7. The highest BCUT2D eigenvalue weighted by Crippen LogP contribution is 2.21. The summed E-state index contributed by atoms with van der Waals surface area (Å²) in [5, 5.41) is 10.1. The molecule has 0 aromatic heterocycles. The number of ether oxygens (including phenoxy) is 2. The molecule has 0 aliphatic carbocycles. The summed E-state index contributed by atoms with van der Waals surface area (Å²) in [7, 11) is 2.68. The van der Waals surface area contributed by atoms with Crippen LogP contribution in [-0.4, -0.2) is 48.4 Å². The summed E-state index contributed by atoms with van der Waals surface area (Å²) >= 11 is 1.46. The highest BCUT2D eigenvalue weighted by Gasteiger charge is 2.21. The van der Waals surface area contributed by atoms with Crippen LogP contribution in [0.4, 0.5) is 0 Å². The molecule has 6 heteroatoms. The lowest BCUT2D eigenvalue weighted by Gasteiger charge is -2.18. The predicted molar refractivity (Wildman–Crippen MR) is 121 cm³/mol. The van der Waals surface area contributed by atoms with Crippen molar-refractivity contribution in [1.29, 1.82) is 0 Å². The van der Waals surface area contributed by atoms with Crippen LogP contribution in [0.15, 0.2) is 12.2 Å². The molecule has 1 N–H and O–H groups in total. The minimum absolute atomic E-state index is 0.0466. The van der Waals surface area contributed by atoms with Gasteiger partial charge in [-0.15, -0.1) is 0 Å². The Morgan fingerprint density at radius 2 is 1.45 bits per heavy atom. The third-order valence-corrected chi connectivity index (χ3v) is 6.17. The Kier molecular flexibility index (Phi) is 19.6. The lowest BCUT2D eigenvalue weighted by atomic mass is 10.1. The molecule has 0 saturated heterocycles. The van der Waals surface area contributed by atoms with Gasteiger partial charge in [0.05, 0.1) is 33.2 Å². The van der Waals surface area contributed by atoms with Crippen molar-refractivity contribution in [3.8, 4) is 0 Å².